The van der Waals surface area contributed by atoms with E-state index in [1.54, 1.807) is 12.1 Å². The van der Waals surface area contributed by atoms with Gasteiger partial charge in [-0.05, 0) is 81.9 Å². The molecule has 9 atom stereocenters. The second-order valence-electron chi connectivity index (χ2n) is 22.4. The van der Waals surface area contributed by atoms with Crippen LogP contribution in [0.25, 0.3) is 0 Å². The van der Waals surface area contributed by atoms with Crippen molar-refractivity contribution in [1.29, 1.82) is 0 Å². The van der Waals surface area contributed by atoms with Crippen LogP contribution < -0.4 is 82.3 Å². The summed E-state index contributed by atoms with van der Waals surface area (Å²) in [7, 11) is 0. The Morgan fingerprint density at radius 1 is 0.407 bits per heavy atom. The van der Waals surface area contributed by atoms with Gasteiger partial charge in [-0.2, -0.15) is 0 Å². The van der Waals surface area contributed by atoms with Crippen molar-refractivity contribution in [3.05, 3.63) is 29.8 Å². The highest BCUT2D eigenvalue weighted by atomic mass is 16.4. The first-order valence-corrected chi connectivity index (χ1v) is 32.0. The number of nitrogens with two attached hydrogens (primary N) is 6. The number of phenols is 1. The predicted molar refractivity (Wildman–Crippen MR) is 348 cm³/mol. The molecule has 0 fully saturated rings. The molecule has 0 aliphatic heterocycles. The molecule has 0 aromatic heterocycles. The van der Waals surface area contributed by atoms with Gasteiger partial charge in [-0.15, -0.1) is 0 Å². The molecule has 0 saturated carbocycles. The van der Waals surface area contributed by atoms with Crippen LogP contribution in [0.4, 0.5) is 0 Å². The highest BCUT2D eigenvalue weighted by Gasteiger charge is 2.34. The number of hydrogen-bond donors (Lipinski definition) is 17. The summed E-state index contributed by atoms with van der Waals surface area (Å²) < 4.78 is 0. The summed E-state index contributed by atoms with van der Waals surface area (Å²) in [6.45, 7) is 12.3. The van der Waals surface area contributed by atoms with Crippen molar-refractivity contribution in [1.82, 2.24) is 47.9 Å². The minimum Gasteiger partial charge on any atom is -0.508 e. The Balaban J connectivity index is 0.0000196. The van der Waals surface area contributed by atoms with Crippen molar-refractivity contribution in [3.8, 4) is 5.75 Å². The van der Waals surface area contributed by atoms with Gasteiger partial charge in [0.25, 0.3) is 5.97 Å². The molecule has 91 heavy (non-hydrogen) atoms. The van der Waals surface area contributed by atoms with Gasteiger partial charge in [-0.1, -0.05) is 131 Å². The zero-order chi connectivity index (χ0) is 68.8. The summed E-state index contributed by atoms with van der Waals surface area (Å²) in [5.74, 6) is -7.99. The maximum Gasteiger partial charge on any atom is 0.300 e. The molecule has 0 heterocycles. The molecule has 0 saturated heterocycles. The van der Waals surface area contributed by atoms with Crippen LogP contribution in [0.3, 0.4) is 0 Å². The number of aliphatic carboxylic acids is 1. The van der Waals surface area contributed by atoms with Gasteiger partial charge in [0.05, 0.1) is 12.6 Å². The molecular formula is C61H109N17O13. The number of carbonyl (C=O) groups excluding carboxylic acids is 10. The predicted octanol–water partition coefficient (Wildman–Crippen LogP) is 0.0812. The van der Waals surface area contributed by atoms with Crippen molar-refractivity contribution in [2.24, 2.45) is 44.4 Å². The molecule has 516 valence electrons. The molecule has 0 spiro atoms. The number of aliphatic imine (C=N–C) groups is 2. The Labute approximate surface area is 536 Å². The fraction of sp³-hybridized carbons (Fsp3) is 0.689. The molecular weight excluding hydrogens is 1180 g/mol. The van der Waals surface area contributed by atoms with E-state index in [1.165, 1.54) is 12.1 Å². The first-order valence-electron chi connectivity index (χ1n) is 32.0. The molecule has 0 aliphatic rings. The van der Waals surface area contributed by atoms with Gasteiger partial charge in [0, 0.05) is 26.4 Å². The van der Waals surface area contributed by atoms with E-state index in [-0.39, 0.29) is 95.0 Å². The Bertz CT molecular complexity index is 2460. The van der Waals surface area contributed by atoms with Crippen LogP contribution in [-0.2, 0) is 59.2 Å². The average Bonchev–Trinajstić information content (AvgIpc) is 3.16. The number of aromatic hydroxyl groups is 1. The topological polar surface area (TPSA) is 517 Å². The lowest BCUT2D eigenvalue weighted by molar-refractivity contribution is -0.136. The van der Waals surface area contributed by atoms with Gasteiger partial charge in [0.2, 0.25) is 59.1 Å². The van der Waals surface area contributed by atoms with Crippen LogP contribution in [0.1, 0.15) is 195 Å². The van der Waals surface area contributed by atoms with E-state index < -0.39 is 126 Å². The number of carboxylic acid groups (broad SMARTS) is 1. The number of phenolic OH excluding ortho intramolecular Hbond substituents is 1. The summed E-state index contributed by atoms with van der Waals surface area (Å²) in [6, 6.07) is -4.22. The van der Waals surface area contributed by atoms with Gasteiger partial charge in [0.15, 0.2) is 11.9 Å². The first-order chi connectivity index (χ1) is 43.2. The zero-order valence-electron chi connectivity index (χ0n) is 54.6. The summed E-state index contributed by atoms with van der Waals surface area (Å²) in [5, 5.41) is 41.6. The van der Waals surface area contributed by atoms with Crippen molar-refractivity contribution < 1.29 is 63.0 Å². The minimum absolute atomic E-state index is 0.0131. The molecule has 0 radical (unpaired) electrons. The molecule has 0 bridgehead atoms. The second-order valence-corrected chi connectivity index (χ2v) is 22.4. The van der Waals surface area contributed by atoms with Crippen LogP contribution >= 0.6 is 0 Å². The number of hydrogen-bond acceptors (Lipinski definition) is 15. The molecule has 30 nitrogen and oxygen atoms in total. The van der Waals surface area contributed by atoms with Gasteiger partial charge >= 0.3 is 0 Å². The third-order valence-electron chi connectivity index (χ3n) is 14.2. The standard InChI is InChI=1S/C59H105N17O11.C2H4O2/c1-7-13-22-40(51(81)68-36-48(78)69-47(49(61)79)35-37-29-31-38(77)32-30-37)71-53(83)42(24-15-9-3)73-55(85)44(26-17-11-5)75-57(87)46(28-20-34-67-59(64)65)76-56(86)45(27-18-12-6)74-54(84)43(25-16-10-4)72-52(82)41(23-14-8-2)70-50(80)39(60)21-19-33-66-58(62)63;1-2(3)4/h29-32,39-47,77H,7-28,33-36,60H2,1-6H3,(H2,61,79)(H,68,81)(H,69,78)(H,70,80)(H,71,83)(H,72,82)(H,73,85)(H,74,84)(H,75,87)(H,76,86)(H4,62,63,66)(H4,64,65,67);1H3,(H,3,4)/t39-,40-,41-,42-,43-,44-,45-,46-,47-;/m1./s1. The molecule has 30 heteroatoms. The highest BCUT2D eigenvalue weighted by molar-refractivity contribution is 5.98. The number of nitrogens with one attached hydrogen (secondary N) is 9. The van der Waals surface area contributed by atoms with Gasteiger partial charge in [-0.3, -0.25) is 62.7 Å². The summed E-state index contributed by atoms with van der Waals surface area (Å²) in [5.41, 5.74) is 34.3. The number of primary amides is 1. The third-order valence-corrected chi connectivity index (χ3v) is 14.2. The average molecular weight is 1290 g/mol. The number of amides is 10. The molecule has 0 unspecified atom stereocenters. The van der Waals surface area contributed by atoms with Gasteiger partial charge in [0.1, 0.15) is 54.1 Å². The number of guanidine groups is 2. The van der Waals surface area contributed by atoms with E-state index in [0.29, 0.717) is 89.0 Å². The SMILES string of the molecule is CC(=O)O.CCCC[C@@H](NC(=O)[C@H](N)CCCN=C(N)N)C(=O)N[C@H](CCCC)C(=O)N[C@H](CCCC)C(=O)N[C@H](CCCN=C(N)N)C(=O)N[C@H](CCCC)C(=O)N[C@H](CCCC)C(=O)N[C@H](CCCC)C(=O)NCC(=O)N[C@H](Cc1ccc(O)cc1)C(N)=O. The number of unbranched alkanes of at least 4 members (excludes halogenated alkanes) is 6. The van der Waals surface area contributed by atoms with Crippen LogP contribution in [0.2, 0.25) is 0 Å². The number of carboxylic acids is 1. The molecule has 1 aromatic rings. The summed E-state index contributed by atoms with van der Waals surface area (Å²) in [6.07, 6.45) is 8.95. The maximum atomic E-state index is 14.5. The second kappa shape index (κ2) is 48.5. The van der Waals surface area contributed by atoms with Crippen molar-refractivity contribution in [2.75, 3.05) is 19.6 Å². The van der Waals surface area contributed by atoms with Crippen LogP contribution in [-0.4, -0.2) is 161 Å². The van der Waals surface area contributed by atoms with Crippen LogP contribution in [0.5, 0.6) is 5.75 Å². The van der Waals surface area contributed by atoms with E-state index in [1.807, 2.05) is 41.5 Å². The molecule has 23 N–H and O–H groups in total. The van der Waals surface area contributed by atoms with Crippen molar-refractivity contribution >= 4 is 77.0 Å². The number of benzene rings is 1. The van der Waals surface area contributed by atoms with E-state index in [0.717, 1.165) is 6.92 Å². The summed E-state index contributed by atoms with van der Waals surface area (Å²) in [4.78, 5) is 155. The first kappa shape index (κ1) is 82.7. The Kier molecular flexibility index (Phi) is 44.1. The highest BCUT2D eigenvalue weighted by Crippen LogP contribution is 2.14. The molecule has 0 aliphatic carbocycles. The van der Waals surface area contributed by atoms with E-state index >= 15 is 0 Å². The fourth-order valence-corrected chi connectivity index (χ4v) is 9.02. The smallest absolute Gasteiger partial charge is 0.300 e. The Hall–Kier alpha value is -8.31. The number of nitrogens with zero attached hydrogens (tertiary/aromatic N) is 2. The van der Waals surface area contributed by atoms with Crippen LogP contribution in [0, 0.1) is 0 Å². The van der Waals surface area contributed by atoms with E-state index in [9.17, 15) is 53.1 Å². The quantitative estimate of drug-likeness (QED) is 0.0233. The number of rotatable bonds is 47. The zero-order valence-corrected chi connectivity index (χ0v) is 54.6. The summed E-state index contributed by atoms with van der Waals surface area (Å²) >= 11 is 0. The van der Waals surface area contributed by atoms with Crippen molar-refractivity contribution in [3.63, 3.8) is 0 Å². The van der Waals surface area contributed by atoms with Crippen LogP contribution in [0.15, 0.2) is 34.3 Å². The molecule has 1 rings (SSSR count). The minimum atomic E-state index is -1.29. The normalized spacial score (nSPS) is 13.7. The third kappa shape index (κ3) is 38.1. The lowest BCUT2D eigenvalue weighted by atomic mass is 10.0. The Morgan fingerprint density at radius 3 is 0.967 bits per heavy atom. The monoisotopic (exact) mass is 1290 g/mol. The molecule has 10 amide bonds. The maximum absolute atomic E-state index is 14.5. The van der Waals surface area contributed by atoms with E-state index in [4.69, 9.17) is 44.3 Å². The number of carbonyl (C=O) groups is 11. The lowest BCUT2D eigenvalue weighted by Gasteiger charge is -2.28. The van der Waals surface area contributed by atoms with Gasteiger partial charge in [-0.25, -0.2) is 0 Å². The van der Waals surface area contributed by atoms with Gasteiger partial charge < -0.3 is 92.5 Å². The fourth-order valence-electron chi connectivity index (χ4n) is 9.02. The van der Waals surface area contributed by atoms with E-state index in [2.05, 4.69) is 57.8 Å². The molecule has 1 aromatic carbocycles. The van der Waals surface area contributed by atoms with Crippen molar-refractivity contribution in [2.45, 2.75) is 251 Å². The largest absolute Gasteiger partial charge is 0.508 e. The Morgan fingerprint density at radius 2 is 0.681 bits per heavy atom. The lowest BCUT2D eigenvalue weighted by Crippen LogP contribution is -2.60.